The van der Waals surface area contributed by atoms with Gasteiger partial charge in [0.15, 0.2) is 0 Å². The third-order valence-electron chi connectivity index (χ3n) is 0.408. The van der Waals surface area contributed by atoms with E-state index in [0.717, 1.165) is 0 Å². The van der Waals surface area contributed by atoms with Crippen LogP contribution in [0.2, 0.25) is 0 Å². The van der Waals surface area contributed by atoms with Crippen molar-refractivity contribution in [2.45, 2.75) is 55.4 Å². The zero-order valence-electron chi connectivity index (χ0n) is 18.0. The molecule has 0 nitrogen and oxygen atoms in total. The first-order chi connectivity index (χ1) is 6.83. The van der Waals surface area contributed by atoms with E-state index in [1.807, 2.05) is 54.4 Å². The molecule has 0 bridgehead atoms. The number of hydrogen-bond acceptors (Lipinski definition) is 0. The molecule has 0 heterocycles. The van der Waals surface area contributed by atoms with Crippen LogP contribution in [0.15, 0.2) is 6.58 Å². The summed E-state index contributed by atoms with van der Waals surface area (Å²) in [6.45, 7) is 23.3. The van der Waals surface area contributed by atoms with Crippen molar-refractivity contribution in [3.8, 4) is 0 Å². The Morgan fingerprint density at radius 2 is 0.640 bits per heavy atom. The van der Waals surface area contributed by atoms with Crippen molar-refractivity contribution < 1.29 is 327 Å². The maximum Gasteiger partial charge on any atom is 0 e. The Bertz CT molecular complexity index is 89.6. The fourth-order valence-electron chi connectivity index (χ4n) is 0. The molecule has 0 aromatic rings. The molecule has 0 aliphatic carbocycles. The zero-order chi connectivity index (χ0) is 13.3. The molecule has 0 rings (SSSR count). The molecule has 0 saturated heterocycles. The Morgan fingerprint density at radius 1 is 0.600 bits per heavy atom. The molecule has 126 valence electrons. The zero-order valence-corrected chi connectivity index (χ0v) is 46.4. The van der Waals surface area contributed by atoms with E-state index < -0.39 is 0 Å². The largest absolute Gasteiger partial charge is 0.501 e. The SMILES string of the molecule is C=[C-]C(C)C.C[CH-]C.C[CH-]C.[CH2-]C(C)C.[Y].[Y].[Y].[Y].[Y].[Y].[Y].[Y].[Y].[Y]. The predicted octanol–water partition coefficient (Wildman–Crippen LogP) is 5.54. The molecule has 0 unspecified atom stereocenters. The Labute approximate surface area is 414 Å². The minimum absolute atomic E-state index is 0. The van der Waals surface area contributed by atoms with Gasteiger partial charge in [-0.05, 0) is 0 Å². The molecule has 0 atom stereocenters. The van der Waals surface area contributed by atoms with Crippen molar-refractivity contribution in [3.63, 3.8) is 0 Å². The monoisotopic (exact) mass is 1100 g/mol. The van der Waals surface area contributed by atoms with Crippen LogP contribution >= 0.6 is 0 Å². The van der Waals surface area contributed by atoms with Crippen LogP contribution in [0.3, 0.4) is 0 Å². The van der Waals surface area contributed by atoms with Gasteiger partial charge in [0.2, 0.25) is 0 Å². The quantitative estimate of drug-likeness (QED) is 0.303. The number of allylic oxidation sites excluding steroid dienone is 1. The molecule has 0 spiro atoms. The molecule has 0 N–H and O–H groups in total. The Kier molecular flexibility index (Phi) is 370. The molecule has 0 saturated carbocycles. The van der Waals surface area contributed by atoms with Crippen LogP contribution in [0.25, 0.3) is 0 Å². The summed E-state index contributed by atoms with van der Waals surface area (Å²) in [5.41, 5.74) is 0. The van der Waals surface area contributed by atoms with Gasteiger partial charge in [-0.2, -0.15) is 39.5 Å². The van der Waals surface area contributed by atoms with Gasteiger partial charge in [-0.3, -0.25) is 6.58 Å². The summed E-state index contributed by atoms with van der Waals surface area (Å²) in [6, 6.07) is 0. The van der Waals surface area contributed by atoms with Gasteiger partial charge in [0.05, 0.1) is 0 Å². The summed E-state index contributed by atoms with van der Waals surface area (Å²) in [5, 5.41) is 0. The second-order valence-electron chi connectivity index (χ2n) is 3.91. The summed E-state index contributed by atoms with van der Waals surface area (Å²) in [6.07, 6.45) is 6.78. The molecule has 0 aromatic carbocycles. The van der Waals surface area contributed by atoms with Gasteiger partial charge in [-0.25, -0.2) is 0 Å². The van der Waals surface area contributed by atoms with Crippen LogP contribution in [0.5, 0.6) is 0 Å². The molecular weight excluding hydrogens is 1070 g/mol. The van der Waals surface area contributed by atoms with E-state index in [1.165, 1.54) is 0 Å². The van der Waals surface area contributed by atoms with Crippen LogP contribution in [0.4, 0.5) is 0 Å². The van der Waals surface area contributed by atoms with Crippen molar-refractivity contribution >= 4 is 0 Å². The van der Waals surface area contributed by atoms with Gasteiger partial charge in [-0.15, -0.1) is 0 Å². The fourth-order valence-corrected chi connectivity index (χ4v) is 0. The van der Waals surface area contributed by atoms with E-state index in [1.54, 1.807) is 0 Å². The van der Waals surface area contributed by atoms with Gasteiger partial charge in [0.25, 0.3) is 0 Å². The van der Waals surface area contributed by atoms with E-state index in [-0.39, 0.29) is 327 Å². The fraction of sp³-hybridized carbons (Fsp3) is 0.667. The number of hydrogen-bond donors (Lipinski definition) is 0. The minimum atomic E-state index is 0. The van der Waals surface area contributed by atoms with Crippen molar-refractivity contribution in [1.29, 1.82) is 0 Å². The molecule has 10 heteroatoms. The molecule has 0 aliphatic heterocycles. The van der Waals surface area contributed by atoms with E-state index in [4.69, 9.17) is 0 Å². The average molecular weight is 1100 g/mol. The third-order valence-corrected chi connectivity index (χ3v) is 0.408. The minimum Gasteiger partial charge on any atom is -0.501 e. The average Bonchev–Trinajstić information content (AvgIpc) is 2.06. The van der Waals surface area contributed by atoms with Crippen molar-refractivity contribution in [2.24, 2.45) is 11.8 Å². The molecule has 0 fully saturated rings. The smallest absolute Gasteiger partial charge is 0 e. The molecule has 0 amide bonds. The normalized spacial score (nSPS) is 4.60. The standard InChI is InChI=1S/C5H9.C4H9.2C3H7.10Y/c1-4-5(2)3;1-4(2)3;2*1-3-2;;;;;;;;;;/h5H,1H2,2-3H3;4H,1H2,2-3H3;2*3H,1-2H3;;;;;;;;;;/q4*-1;;;;;;;;;;. The Hall–Kier alpha value is 10.8. The summed E-state index contributed by atoms with van der Waals surface area (Å²) < 4.78 is 0. The molecule has 10 radical (unpaired) electrons. The van der Waals surface area contributed by atoms with Gasteiger partial charge in [-0.1, -0.05) is 27.7 Å². The van der Waals surface area contributed by atoms with Crippen LogP contribution < -0.4 is 0 Å². The Balaban J connectivity index is -0.00000000481. The maximum atomic E-state index is 3.64. The van der Waals surface area contributed by atoms with E-state index in [9.17, 15) is 0 Å². The van der Waals surface area contributed by atoms with Gasteiger partial charge in [0.1, 0.15) is 0 Å². The molecule has 0 aliphatic rings. The summed E-state index contributed by atoms with van der Waals surface area (Å²) in [7, 11) is 0. The van der Waals surface area contributed by atoms with Crippen molar-refractivity contribution in [1.82, 2.24) is 0 Å². The summed E-state index contributed by atoms with van der Waals surface area (Å²) in [5.74, 6) is 1.11. The van der Waals surface area contributed by atoms with Gasteiger partial charge < -0.3 is 25.8 Å². The van der Waals surface area contributed by atoms with E-state index >= 15 is 0 Å². The second kappa shape index (κ2) is 101. The van der Waals surface area contributed by atoms with Crippen LogP contribution in [-0.2, 0) is 327 Å². The van der Waals surface area contributed by atoms with Crippen LogP contribution in [-0.4, -0.2) is 0 Å². The summed E-state index contributed by atoms with van der Waals surface area (Å²) >= 11 is 0. The summed E-state index contributed by atoms with van der Waals surface area (Å²) in [4.78, 5) is 0. The van der Waals surface area contributed by atoms with Gasteiger partial charge in [0, 0.05) is 327 Å². The van der Waals surface area contributed by atoms with E-state index in [0.29, 0.717) is 11.8 Å². The molecule has 0 aromatic heterocycles. The first-order valence-electron chi connectivity index (χ1n) is 5.67. The molecule has 25 heavy (non-hydrogen) atoms. The third kappa shape index (κ3) is 229. The van der Waals surface area contributed by atoms with E-state index in [2.05, 4.69) is 33.4 Å². The molecular formula is C15H32Y10-4. The van der Waals surface area contributed by atoms with Gasteiger partial charge >= 0.3 is 0 Å². The first-order valence-corrected chi connectivity index (χ1v) is 5.67. The predicted molar refractivity (Wildman–Crippen MR) is 75.2 cm³/mol. The first kappa shape index (κ1) is 91.2. The van der Waals surface area contributed by atoms with Crippen LogP contribution in [0.1, 0.15) is 55.4 Å². The topological polar surface area (TPSA) is 0 Å². The maximum absolute atomic E-state index is 3.64. The van der Waals surface area contributed by atoms with Crippen LogP contribution in [0, 0.1) is 37.7 Å². The van der Waals surface area contributed by atoms with Crippen molar-refractivity contribution in [2.75, 3.05) is 0 Å². The second-order valence-corrected chi connectivity index (χ2v) is 3.91. The number of rotatable bonds is 1. The Morgan fingerprint density at radius 3 is 0.640 bits per heavy atom. The van der Waals surface area contributed by atoms with Crippen molar-refractivity contribution in [3.05, 3.63) is 32.4 Å².